The molecular weight excluding hydrogens is 340 g/mol. The van der Waals surface area contributed by atoms with Crippen molar-refractivity contribution in [1.29, 1.82) is 0 Å². The van der Waals surface area contributed by atoms with Gasteiger partial charge in [0.05, 0.1) is 0 Å². The van der Waals surface area contributed by atoms with Gasteiger partial charge < -0.3 is 10.8 Å². The Morgan fingerprint density at radius 1 is 1.29 bits per heavy atom. The van der Waals surface area contributed by atoms with Gasteiger partial charge in [-0.3, -0.25) is 13.9 Å². The first-order valence-electron chi connectivity index (χ1n) is 5.91. The lowest BCUT2D eigenvalue weighted by molar-refractivity contribution is 0.474. The van der Waals surface area contributed by atoms with Crippen LogP contribution in [0, 0.1) is 0 Å². The lowest BCUT2D eigenvalue weighted by atomic mass is 10.2. The van der Waals surface area contributed by atoms with Crippen molar-refractivity contribution in [3.8, 4) is 5.75 Å². The summed E-state index contributed by atoms with van der Waals surface area (Å²) in [5.74, 6) is -0.0238. The molecule has 0 aliphatic heterocycles. The molecular formula is C13H13BrN4O3. The van der Waals surface area contributed by atoms with Gasteiger partial charge in [0.25, 0.3) is 5.56 Å². The zero-order valence-electron chi connectivity index (χ0n) is 11.4. The van der Waals surface area contributed by atoms with Gasteiger partial charge in [-0.2, -0.15) is 0 Å². The molecule has 2 aromatic rings. The molecule has 1 aromatic heterocycles. The van der Waals surface area contributed by atoms with Crippen molar-refractivity contribution in [2.24, 2.45) is 19.1 Å². The maximum Gasteiger partial charge on any atom is 0.332 e. The minimum absolute atomic E-state index is 0.00772. The largest absolute Gasteiger partial charge is 0.507 e. The van der Waals surface area contributed by atoms with Crippen LogP contribution < -0.4 is 17.0 Å². The number of aliphatic imine (C=N–C) groups is 1. The number of nitrogens with zero attached hydrogens (tertiary/aromatic N) is 3. The molecule has 0 aliphatic carbocycles. The minimum atomic E-state index is -0.594. The van der Waals surface area contributed by atoms with Crippen LogP contribution in [0.15, 0.2) is 37.3 Å². The zero-order valence-corrected chi connectivity index (χ0v) is 13.0. The molecule has 3 N–H and O–H groups in total. The number of phenols is 1. The van der Waals surface area contributed by atoms with E-state index in [9.17, 15) is 14.7 Å². The summed E-state index contributed by atoms with van der Waals surface area (Å²) in [5, 5.41) is 9.77. The van der Waals surface area contributed by atoms with Crippen molar-refractivity contribution < 1.29 is 5.11 Å². The van der Waals surface area contributed by atoms with E-state index in [0.29, 0.717) is 5.56 Å². The first-order chi connectivity index (χ1) is 9.82. The Kier molecular flexibility index (Phi) is 3.99. The van der Waals surface area contributed by atoms with Gasteiger partial charge >= 0.3 is 5.69 Å². The Bertz CT molecular complexity index is 852. The standard InChI is InChI=1S/C13H13BrN4O3/c1-17-11(15)10(12(20)18(2)13(17)21)16-6-7-3-4-8(14)5-9(7)19/h3-6,19H,15H2,1-2H3/b16-6+. The van der Waals surface area contributed by atoms with Crippen molar-refractivity contribution in [2.45, 2.75) is 0 Å². The van der Waals surface area contributed by atoms with Crippen molar-refractivity contribution >= 4 is 33.6 Å². The smallest absolute Gasteiger partial charge is 0.332 e. The molecule has 7 nitrogen and oxygen atoms in total. The highest BCUT2D eigenvalue weighted by Crippen LogP contribution is 2.22. The summed E-state index contributed by atoms with van der Waals surface area (Å²) in [6.07, 6.45) is 1.32. The van der Waals surface area contributed by atoms with Crippen LogP contribution in [0.2, 0.25) is 0 Å². The van der Waals surface area contributed by atoms with E-state index in [0.717, 1.165) is 13.6 Å². The number of nitrogens with two attached hydrogens (primary N) is 1. The van der Waals surface area contributed by atoms with Gasteiger partial charge in [0.1, 0.15) is 11.6 Å². The van der Waals surface area contributed by atoms with Gasteiger partial charge in [0.15, 0.2) is 5.69 Å². The molecule has 21 heavy (non-hydrogen) atoms. The normalized spacial score (nSPS) is 11.2. The third-order valence-corrected chi connectivity index (χ3v) is 3.50. The molecule has 0 atom stereocenters. The maximum atomic E-state index is 12.0. The maximum absolute atomic E-state index is 12.0. The number of halogens is 1. The minimum Gasteiger partial charge on any atom is -0.507 e. The van der Waals surface area contributed by atoms with Crippen LogP contribution in [0.25, 0.3) is 0 Å². The molecule has 0 aliphatic rings. The van der Waals surface area contributed by atoms with E-state index >= 15 is 0 Å². The van der Waals surface area contributed by atoms with Crippen LogP contribution in [0.3, 0.4) is 0 Å². The number of anilines is 1. The van der Waals surface area contributed by atoms with E-state index in [-0.39, 0.29) is 17.3 Å². The van der Waals surface area contributed by atoms with Crippen molar-refractivity contribution in [2.75, 3.05) is 5.73 Å². The molecule has 0 saturated heterocycles. The van der Waals surface area contributed by atoms with Gasteiger partial charge in [-0.15, -0.1) is 0 Å². The molecule has 0 saturated carbocycles. The molecule has 0 radical (unpaired) electrons. The van der Waals surface area contributed by atoms with Crippen LogP contribution in [0.4, 0.5) is 11.5 Å². The Labute approximate surface area is 128 Å². The van der Waals surface area contributed by atoms with Crippen LogP contribution in [0.5, 0.6) is 5.75 Å². The quantitative estimate of drug-likeness (QED) is 0.783. The van der Waals surface area contributed by atoms with Gasteiger partial charge in [0, 0.05) is 30.3 Å². The number of rotatable bonds is 2. The highest BCUT2D eigenvalue weighted by Gasteiger charge is 2.12. The molecule has 0 fully saturated rings. The van der Waals surface area contributed by atoms with E-state index in [4.69, 9.17) is 5.73 Å². The average molecular weight is 353 g/mol. The van der Waals surface area contributed by atoms with Crippen molar-refractivity contribution in [3.63, 3.8) is 0 Å². The second-order valence-electron chi connectivity index (χ2n) is 4.40. The number of nitrogen functional groups attached to an aromatic ring is 1. The second-order valence-corrected chi connectivity index (χ2v) is 5.32. The third kappa shape index (κ3) is 2.75. The predicted octanol–water partition coefficient (Wildman–Crippen LogP) is 0.885. The number of hydrogen-bond acceptors (Lipinski definition) is 5. The zero-order chi connectivity index (χ0) is 15.7. The molecule has 110 valence electrons. The van der Waals surface area contributed by atoms with Gasteiger partial charge in [0.2, 0.25) is 0 Å². The molecule has 1 heterocycles. The fraction of sp³-hybridized carbons (Fsp3) is 0.154. The first-order valence-corrected chi connectivity index (χ1v) is 6.70. The number of aromatic hydroxyl groups is 1. The summed E-state index contributed by atoms with van der Waals surface area (Å²) in [4.78, 5) is 27.7. The molecule has 8 heteroatoms. The summed E-state index contributed by atoms with van der Waals surface area (Å²) >= 11 is 3.23. The Morgan fingerprint density at radius 2 is 1.95 bits per heavy atom. The Morgan fingerprint density at radius 3 is 2.57 bits per heavy atom. The molecule has 0 amide bonds. The van der Waals surface area contributed by atoms with Gasteiger partial charge in [-0.25, -0.2) is 9.79 Å². The molecule has 0 spiro atoms. The molecule has 1 aromatic carbocycles. The summed E-state index contributed by atoms with van der Waals surface area (Å²) in [5.41, 5.74) is 5.00. The SMILES string of the molecule is Cn1c(N)c(/N=C/c2ccc(Br)cc2O)c(=O)n(C)c1=O. The van der Waals surface area contributed by atoms with Crippen LogP contribution >= 0.6 is 15.9 Å². The Balaban J connectivity index is 2.57. The average Bonchev–Trinajstić information content (AvgIpc) is 2.45. The lowest BCUT2D eigenvalue weighted by Gasteiger charge is -2.08. The molecule has 0 unspecified atom stereocenters. The van der Waals surface area contributed by atoms with E-state index in [1.165, 1.54) is 26.4 Å². The summed E-state index contributed by atoms with van der Waals surface area (Å²) in [7, 11) is 2.80. The van der Waals surface area contributed by atoms with Crippen LogP contribution in [-0.4, -0.2) is 20.5 Å². The fourth-order valence-electron chi connectivity index (χ4n) is 1.72. The lowest BCUT2D eigenvalue weighted by Crippen LogP contribution is -2.37. The number of phenolic OH excluding ortho intramolecular Hbond substituents is 1. The highest BCUT2D eigenvalue weighted by molar-refractivity contribution is 9.10. The predicted molar refractivity (Wildman–Crippen MR) is 84.4 cm³/mol. The monoisotopic (exact) mass is 352 g/mol. The number of benzene rings is 1. The number of hydrogen-bond donors (Lipinski definition) is 2. The van der Waals surface area contributed by atoms with Crippen LogP contribution in [0.1, 0.15) is 5.56 Å². The summed E-state index contributed by atoms with van der Waals surface area (Å²) in [6, 6.07) is 4.86. The van der Waals surface area contributed by atoms with Crippen molar-refractivity contribution in [3.05, 3.63) is 49.1 Å². The van der Waals surface area contributed by atoms with E-state index in [2.05, 4.69) is 20.9 Å². The van der Waals surface area contributed by atoms with Gasteiger partial charge in [-0.1, -0.05) is 15.9 Å². The first kappa shape index (κ1) is 15.0. The van der Waals surface area contributed by atoms with Crippen LogP contribution in [-0.2, 0) is 14.1 Å². The highest BCUT2D eigenvalue weighted by atomic mass is 79.9. The van der Waals surface area contributed by atoms with E-state index in [1.807, 2.05) is 0 Å². The number of aromatic nitrogens is 2. The van der Waals surface area contributed by atoms with E-state index < -0.39 is 11.2 Å². The third-order valence-electron chi connectivity index (χ3n) is 3.01. The van der Waals surface area contributed by atoms with Crippen molar-refractivity contribution in [1.82, 2.24) is 9.13 Å². The summed E-state index contributed by atoms with van der Waals surface area (Å²) in [6.45, 7) is 0. The topological polar surface area (TPSA) is 103 Å². The van der Waals surface area contributed by atoms with Gasteiger partial charge in [-0.05, 0) is 18.2 Å². The summed E-state index contributed by atoms with van der Waals surface area (Å²) < 4.78 is 2.77. The van der Waals surface area contributed by atoms with E-state index in [1.54, 1.807) is 12.1 Å². The molecule has 0 bridgehead atoms. The molecule has 2 rings (SSSR count). The second kappa shape index (κ2) is 5.57. The fourth-order valence-corrected chi connectivity index (χ4v) is 2.07. The Hall–Kier alpha value is -2.35.